The molecule has 0 saturated carbocycles. The fraction of sp³-hybridized carbons (Fsp3) is 0.200. The molecule has 0 aliphatic rings. The number of rotatable bonds is 2. The number of nitrogens with two attached hydrogens (primary N) is 1. The van der Waals surface area contributed by atoms with Crippen molar-refractivity contribution in [3.8, 4) is 5.69 Å². The van der Waals surface area contributed by atoms with E-state index in [2.05, 4.69) is 52.1 Å². The van der Waals surface area contributed by atoms with Gasteiger partial charge in [-0.2, -0.15) is 4.80 Å². The minimum absolute atomic E-state index is 0.516. The molecule has 1 heterocycles. The van der Waals surface area contributed by atoms with Crippen LogP contribution in [0.15, 0.2) is 40.9 Å². The molecule has 3 rings (SSSR count). The molecule has 3 aromatic rings. The van der Waals surface area contributed by atoms with Crippen LogP contribution in [0, 0.1) is 0 Å². The van der Waals surface area contributed by atoms with Gasteiger partial charge in [-0.05, 0) is 51.7 Å². The van der Waals surface area contributed by atoms with E-state index in [9.17, 15) is 0 Å². The first-order valence-electron chi connectivity index (χ1n) is 6.47. The predicted octanol–water partition coefficient (Wildman–Crippen LogP) is 3.89. The van der Waals surface area contributed by atoms with Crippen molar-refractivity contribution in [3.05, 3.63) is 46.4 Å². The van der Waals surface area contributed by atoms with Gasteiger partial charge in [0.15, 0.2) is 0 Å². The van der Waals surface area contributed by atoms with Gasteiger partial charge in [-0.25, -0.2) is 0 Å². The van der Waals surface area contributed by atoms with E-state index in [1.807, 2.05) is 24.3 Å². The number of fused-ring (bicyclic) bond motifs is 1. The predicted molar refractivity (Wildman–Crippen MR) is 85.1 cm³/mol. The molecule has 0 radical (unpaired) electrons. The van der Waals surface area contributed by atoms with E-state index < -0.39 is 0 Å². The zero-order valence-electron chi connectivity index (χ0n) is 11.3. The highest BCUT2D eigenvalue weighted by atomic mass is 79.9. The second kappa shape index (κ2) is 4.90. The van der Waals surface area contributed by atoms with E-state index in [0.29, 0.717) is 11.6 Å². The number of hydrogen-bond donors (Lipinski definition) is 1. The lowest BCUT2D eigenvalue weighted by molar-refractivity contribution is 0.763. The molecule has 0 atom stereocenters. The molecule has 0 amide bonds. The summed E-state index contributed by atoms with van der Waals surface area (Å²) in [6.45, 7) is 4.35. The molecule has 1 aromatic heterocycles. The van der Waals surface area contributed by atoms with Gasteiger partial charge >= 0.3 is 0 Å². The van der Waals surface area contributed by atoms with Crippen molar-refractivity contribution in [2.75, 3.05) is 5.73 Å². The van der Waals surface area contributed by atoms with Gasteiger partial charge in [0, 0.05) is 5.69 Å². The average molecular weight is 331 g/mol. The van der Waals surface area contributed by atoms with Crippen molar-refractivity contribution in [1.82, 2.24) is 15.0 Å². The highest BCUT2D eigenvalue weighted by molar-refractivity contribution is 9.10. The van der Waals surface area contributed by atoms with Crippen LogP contribution in [0.25, 0.3) is 16.7 Å². The van der Waals surface area contributed by atoms with E-state index in [0.717, 1.165) is 21.2 Å². The minimum atomic E-state index is 0.516. The van der Waals surface area contributed by atoms with Gasteiger partial charge in [0.2, 0.25) is 0 Å². The Morgan fingerprint density at radius 2 is 1.75 bits per heavy atom. The van der Waals surface area contributed by atoms with Crippen molar-refractivity contribution in [2.24, 2.45) is 0 Å². The number of nitrogen functional groups attached to an aromatic ring is 1. The van der Waals surface area contributed by atoms with Crippen molar-refractivity contribution >= 4 is 32.7 Å². The Morgan fingerprint density at radius 1 is 1.05 bits per heavy atom. The van der Waals surface area contributed by atoms with Crippen LogP contribution in [-0.2, 0) is 0 Å². The summed E-state index contributed by atoms with van der Waals surface area (Å²) in [5.41, 5.74) is 10.4. The van der Waals surface area contributed by atoms with Crippen LogP contribution < -0.4 is 5.73 Å². The lowest BCUT2D eigenvalue weighted by Gasteiger charge is -2.05. The first kappa shape index (κ1) is 13.1. The van der Waals surface area contributed by atoms with Crippen LogP contribution in [0.4, 0.5) is 5.69 Å². The molecule has 2 N–H and O–H groups in total. The highest BCUT2D eigenvalue weighted by Gasteiger charge is 2.10. The van der Waals surface area contributed by atoms with Gasteiger partial charge in [-0.3, -0.25) is 0 Å². The van der Waals surface area contributed by atoms with E-state index in [4.69, 9.17) is 5.73 Å². The van der Waals surface area contributed by atoms with Gasteiger partial charge in [0.1, 0.15) is 11.0 Å². The Bertz CT molecular complexity index is 759. The van der Waals surface area contributed by atoms with E-state index >= 15 is 0 Å². The third-order valence-electron chi connectivity index (χ3n) is 3.31. The summed E-state index contributed by atoms with van der Waals surface area (Å²) in [6.07, 6.45) is 0. The zero-order valence-corrected chi connectivity index (χ0v) is 12.9. The summed E-state index contributed by atoms with van der Waals surface area (Å²) in [6, 6.07) is 12.0. The Morgan fingerprint density at radius 3 is 2.40 bits per heavy atom. The minimum Gasteiger partial charge on any atom is -0.398 e. The molecule has 4 nitrogen and oxygen atoms in total. The van der Waals surface area contributed by atoms with Crippen LogP contribution in [0.5, 0.6) is 0 Å². The topological polar surface area (TPSA) is 56.7 Å². The number of nitrogens with zero attached hydrogens (tertiary/aromatic N) is 3. The molecule has 2 aromatic carbocycles. The molecule has 0 fully saturated rings. The molecule has 102 valence electrons. The van der Waals surface area contributed by atoms with Gasteiger partial charge in [-0.15, -0.1) is 10.2 Å². The summed E-state index contributed by atoms with van der Waals surface area (Å²) in [5.74, 6) is 0.516. The molecule has 5 heteroatoms. The van der Waals surface area contributed by atoms with E-state index in [1.54, 1.807) is 4.80 Å². The summed E-state index contributed by atoms with van der Waals surface area (Å²) in [7, 11) is 0. The first-order chi connectivity index (χ1) is 9.56. The first-order valence-corrected chi connectivity index (χ1v) is 7.27. The molecule has 0 bridgehead atoms. The van der Waals surface area contributed by atoms with Gasteiger partial charge in [0.25, 0.3) is 0 Å². The smallest absolute Gasteiger partial charge is 0.129 e. The highest BCUT2D eigenvalue weighted by Crippen LogP contribution is 2.27. The maximum atomic E-state index is 5.86. The maximum absolute atomic E-state index is 5.86. The van der Waals surface area contributed by atoms with Gasteiger partial charge in [0.05, 0.1) is 10.2 Å². The van der Waals surface area contributed by atoms with Crippen LogP contribution >= 0.6 is 15.9 Å². The second-order valence-corrected chi connectivity index (χ2v) is 5.87. The summed E-state index contributed by atoms with van der Waals surface area (Å²) < 4.78 is 0.792. The van der Waals surface area contributed by atoms with E-state index in [1.165, 1.54) is 5.56 Å². The normalized spacial score (nSPS) is 11.4. The molecule has 0 aliphatic heterocycles. The quantitative estimate of drug-likeness (QED) is 0.725. The lowest BCUT2D eigenvalue weighted by Crippen LogP contribution is -1.99. The number of hydrogen-bond acceptors (Lipinski definition) is 3. The van der Waals surface area contributed by atoms with E-state index in [-0.39, 0.29) is 0 Å². The SMILES string of the molecule is CC(C)c1ccc(-n2nc3ccc(N)c(Br)c3n2)cc1. The fourth-order valence-electron chi connectivity index (χ4n) is 2.07. The van der Waals surface area contributed by atoms with Gasteiger partial charge < -0.3 is 5.73 Å². The molecule has 0 aliphatic carbocycles. The third-order valence-corrected chi connectivity index (χ3v) is 4.15. The van der Waals surface area contributed by atoms with Crippen LogP contribution in [0.3, 0.4) is 0 Å². The Hall–Kier alpha value is -1.88. The summed E-state index contributed by atoms with van der Waals surface area (Å²) in [4.78, 5) is 1.64. The number of benzene rings is 2. The maximum Gasteiger partial charge on any atom is 0.129 e. The summed E-state index contributed by atoms with van der Waals surface area (Å²) in [5, 5.41) is 8.98. The Labute approximate surface area is 125 Å². The Balaban J connectivity index is 2.08. The largest absolute Gasteiger partial charge is 0.398 e. The lowest BCUT2D eigenvalue weighted by atomic mass is 10.0. The molecule has 20 heavy (non-hydrogen) atoms. The molecular formula is C15H15BrN4. The molecule has 0 spiro atoms. The second-order valence-electron chi connectivity index (χ2n) is 5.07. The van der Waals surface area contributed by atoms with Crippen LogP contribution in [-0.4, -0.2) is 15.0 Å². The van der Waals surface area contributed by atoms with Crippen molar-refractivity contribution in [3.63, 3.8) is 0 Å². The zero-order chi connectivity index (χ0) is 14.3. The average Bonchev–Trinajstić information content (AvgIpc) is 2.88. The molecule has 0 unspecified atom stereocenters. The fourth-order valence-corrected chi connectivity index (χ4v) is 2.49. The van der Waals surface area contributed by atoms with Gasteiger partial charge in [-0.1, -0.05) is 26.0 Å². The molecule has 0 saturated heterocycles. The van der Waals surface area contributed by atoms with Crippen LogP contribution in [0.1, 0.15) is 25.3 Å². The number of aromatic nitrogens is 3. The monoisotopic (exact) mass is 330 g/mol. The van der Waals surface area contributed by atoms with Crippen molar-refractivity contribution < 1.29 is 0 Å². The molecular weight excluding hydrogens is 316 g/mol. The van der Waals surface area contributed by atoms with Crippen molar-refractivity contribution in [1.29, 1.82) is 0 Å². The number of halogens is 1. The third kappa shape index (κ3) is 2.18. The summed E-state index contributed by atoms with van der Waals surface area (Å²) >= 11 is 3.46. The van der Waals surface area contributed by atoms with Crippen LogP contribution in [0.2, 0.25) is 0 Å². The van der Waals surface area contributed by atoms with Crippen molar-refractivity contribution in [2.45, 2.75) is 19.8 Å². The number of anilines is 1. The standard InChI is InChI=1S/C15H15BrN4/c1-9(2)10-3-5-11(6-4-10)20-18-13-8-7-12(17)14(16)15(13)19-20/h3-9H,17H2,1-2H3. The Kier molecular flexibility index (Phi) is 3.22.